The first-order chi connectivity index (χ1) is 8.70. The molecule has 2 rings (SSSR count). The SMILES string of the molecule is CCNC(Cc1cc(Br)ccc1F)c1ccco1. The third-order valence-corrected chi connectivity index (χ3v) is 3.26. The van der Waals surface area contributed by atoms with Crippen LogP contribution in [0.4, 0.5) is 4.39 Å². The maximum atomic E-state index is 13.7. The number of nitrogens with one attached hydrogen (secondary N) is 1. The van der Waals surface area contributed by atoms with E-state index in [0.29, 0.717) is 12.0 Å². The predicted octanol–water partition coefficient (Wildman–Crippen LogP) is 4.07. The van der Waals surface area contributed by atoms with Crippen molar-refractivity contribution in [2.45, 2.75) is 19.4 Å². The van der Waals surface area contributed by atoms with Gasteiger partial charge in [-0.25, -0.2) is 4.39 Å². The molecule has 0 fully saturated rings. The van der Waals surface area contributed by atoms with Crippen molar-refractivity contribution < 1.29 is 8.81 Å². The fourth-order valence-electron chi connectivity index (χ4n) is 1.93. The average Bonchev–Trinajstić information content (AvgIpc) is 2.87. The van der Waals surface area contributed by atoms with Gasteiger partial charge >= 0.3 is 0 Å². The number of benzene rings is 1. The van der Waals surface area contributed by atoms with Gasteiger partial charge in [-0.15, -0.1) is 0 Å². The molecule has 0 spiro atoms. The number of rotatable bonds is 5. The quantitative estimate of drug-likeness (QED) is 0.900. The second-order valence-electron chi connectivity index (χ2n) is 4.07. The van der Waals surface area contributed by atoms with Crippen molar-refractivity contribution in [1.82, 2.24) is 5.32 Å². The van der Waals surface area contributed by atoms with E-state index in [2.05, 4.69) is 21.2 Å². The van der Waals surface area contributed by atoms with Crippen LogP contribution in [0, 0.1) is 5.82 Å². The molecule has 0 saturated heterocycles. The van der Waals surface area contributed by atoms with Gasteiger partial charge < -0.3 is 9.73 Å². The molecule has 1 heterocycles. The van der Waals surface area contributed by atoms with E-state index in [4.69, 9.17) is 4.42 Å². The maximum absolute atomic E-state index is 13.7. The van der Waals surface area contributed by atoms with Crippen LogP contribution in [0.1, 0.15) is 24.3 Å². The summed E-state index contributed by atoms with van der Waals surface area (Å²) < 4.78 is 20.0. The third-order valence-electron chi connectivity index (χ3n) is 2.77. The van der Waals surface area contributed by atoms with Gasteiger partial charge in [-0.3, -0.25) is 0 Å². The van der Waals surface area contributed by atoms with Crippen LogP contribution in [0.3, 0.4) is 0 Å². The molecule has 2 aromatic rings. The summed E-state index contributed by atoms with van der Waals surface area (Å²) >= 11 is 3.36. The number of hydrogen-bond acceptors (Lipinski definition) is 2. The van der Waals surface area contributed by atoms with Crippen LogP contribution in [0.25, 0.3) is 0 Å². The molecule has 4 heteroatoms. The fraction of sp³-hybridized carbons (Fsp3) is 0.286. The van der Waals surface area contributed by atoms with Crippen molar-refractivity contribution >= 4 is 15.9 Å². The van der Waals surface area contributed by atoms with Crippen LogP contribution < -0.4 is 5.32 Å². The molecule has 2 nitrogen and oxygen atoms in total. The Hall–Kier alpha value is -1.13. The Morgan fingerprint density at radius 2 is 2.22 bits per heavy atom. The molecule has 0 aliphatic rings. The first-order valence-corrected chi connectivity index (χ1v) is 6.70. The van der Waals surface area contributed by atoms with Gasteiger partial charge in [-0.1, -0.05) is 22.9 Å². The Morgan fingerprint density at radius 3 is 2.89 bits per heavy atom. The fourth-order valence-corrected chi connectivity index (χ4v) is 2.34. The third kappa shape index (κ3) is 3.21. The molecule has 96 valence electrons. The van der Waals surface area contributed by atoms with E-state index in [1.165, 1.54) is 6.07 Å². The Labute approximate surface area is 114 Å². The highest BCUT2D eigenvalue weighted by atomic mass is 79.9. The van der Waals surface area contributed by atoms with Gasteiger partial charge in [0.25, 0.3) is 0 Å². The van der Waals surface area contributed by atoms with Crippen molar-refractivity contribution in [3.8, 4) is 0 Å². The zero-order chi connectivity index (χ0) is 13.0. The summed E-state index contributed by atoms with van der Waals surface area (Å²) in [5.74, 6) is 0.642. The van der Waals surface area contributed by atoms with E-state index >= 15 is 0 Å². The van der Waals surface area contributed by atoms with Crippen molar-refractivity contribution in [1.29, 1.82) is 0 Å². The summed E-state index contributed by atoms with van der Waals surface area (Å²) in [6.07, 6.45) is 2.20. The number of likely N-dealkylation sites (N-methyl/N-ethyl adjacent to an activating group) is 1. The topological polar surface area (TPSA) is 25.2 Å². The molecule has 1 unspecified atom stereocenters. The van der Waals surface area contributed by atoms with E-state index in [0.717, 1.165) is 16.8 Å². The van der Waals surface area contributed by atoms with Gasteiger partial charge in [-0.05, 0) is 48.9 Å². The van der Waals surface area contributed by atoms with Crippen LogP contribution in [0.2, 0.25) is 0 Å². The molecule has 0 radical (unpaired) electrons. The summed E-state index contributed by atoms with van der Waals surface area (Å²) in [6.45, 7) is 2.83. The van der Waals surface area contributed by atoms with Crippen molar-refractivity contribution in [2.24, 2.45) is 0 Å². The molecule has 1 aromatic carbocycles. The largest absolute Gasteiger partial charge is 0.468 e. The second-order valence-corrected chi connectivity index (χ2v) is 4.98. The number of halogens is 2. The number of hydrogen-bond donors (Lipinski definition) is 1. The van der Waals surface area contributed by atoms with Gasteiger partial charge in [0, 0.05) is 4.47 Å². The van der Waals surface area contributed by atoms with Crippen molar-refractivity contribution in [3.05, 3.63) is 58.2 Å². The minimum atomic E-state index is -0.187. The van der Waals surface area contributed by atoms with E-state index in [9.17, 15) is 4.39 Å². The molecule has 1 aromatic heterocycles. The second kappa shape index (κ2) is 6.16. The molecular weight excluding hydrogens is 297 g/mol. The first-order valence-electron chi connectivity index (χ1n) is 5.91. The first kappa shape index (κ1) is 13.3. The van der Waals surface area contributed by atoms with E-state index < -0.39 is 0 Å². The lowest BCUT2D eigenvalue weighted by atomic mass is 10.0. The number of furan rings is 1. The maximum Gasteiger partial charge on any atom is 0.126 e. The minimum Gasteiger partial charge on any atom is -0.468 e. The van der Waals surface area contributed by atoms with Crippen LogP contribution in [0.5, 0.6) is 0 Å². The van der Waals surface area contributed by atoms with E-state index in [1.807, 2.05) is 25.1 Å². The molecule has 0 saturated carbocycles. The average molecular weight is 312 g/mol. The molecule has 0 amide bonds. The molecular formula is C14H15BrFNO. The van der Waals surface area contributed by atoms with Gasteiger partial charge in [0.1, 0.15) is 11.6 Å². The van der Waals surface area contributed by atoms with Crippen LogP contribution in [-0.2, 0) is 6.42 Å². The predicted molar refractivity (Wildman–Crippen MR) is 72.9 cm³/mol. The van der Waals surface area contributed by atoms with E-state index in [-0.39, 0.29) is 11.9 Å². The lowest BCUT2D eigenvalue weighted by molar-refractivity contribution is 0.412. The molecule has 0 aliphatic carbocycles. The van der Waals surface area contributed by atoms with Crippen molar-refractivity contribution in [2.75, 3.05) is 6.54 Å². The summed E-state index contributed by atoms with van der Waals surface area (Å²) in [7, 11) is 0. The molecule has 0 aliphatic heterocycles. The summed E-state index contributed by atoms with van der Waals surface area (Å²) in [5, 5.41) is 3.30. The molecule has 0 bridgehead atoms. The zero-order valence-corrected chi connectivity index (χ0v) is 11.7. The smallest absolute Gasteiger partial charge is 0.126 e. The minimum absolute atomic E-state index is 0.00574. The molecule has 1 atom stereocenters. The summed E-state index contributed by atoms with van der Waals surface area (Å²) in [5.41, 5.74) is 0.673. The Balaban J connectivity index is 2.21. The highest BCUT2D eigenvalue weighted by molar-refractivity contribution is 9.10. The highest BCUT2D eigenvalue weighted by Crippen LogP contribution is 2.23. The van der Waals surface area contributed by atoms with Gasteiger partial charge in [0.15, 0.2) is 0 Å². The molecule has 1 N–H and O–H groups in total. The molecule has 18 heavy (non-hydrogen) atoms. The van der Waals surface area contributed by atoms with Crippen LogP contribution >= 0.6 is 15.9 Å². The van der Waals surface area contributed by atoms with Gasteiger partial charge in [0.05, 0.1) is 12.3 Å². The highest BCUT2D eigenvalue weighted by Gasteiger charge is 2.16. The monoisotopic (exact) mass is 311 g/mol. The zero-order valence-electron chi connectivity index (χ0n) is 10.1. The normalized spacial score (nSPS) is 12.6. The van der Waals surface area contributed by atoms with Crippen molar-refractivity contribution in [3.63, 3.8) is 0 Å². The van der Waals surface area contributed by atoms with Crippen LogP contribution in [-0.4, -0.2) is 6.54 Å². The van der Waals surface area contributed by atoms with Gasteiger partial charge in [0.2, 0.25) is 0 Å². The Bertz CT molecular complexity index is 499. The Kier molecular flexibility index (Phi) is 4.55. The summed E-state index contributed by atoms with van der Waals surface area (Å²) in [4.78, 5) is 0. The lowest BCUT2D eigenvalue weighted by Crippen LogP contribution is -2.22. The lowest BCUT2D eigenvalue weighted by Gasteiger charge is -2.16. The van der Waals surface area contributed by atoms with Gasteiger partial charge in [-0.2, -0.15) is 0 Å². The summed E-state index contributed by atoms with van der Waals surface area (Å²) in [6, 6.07) is 8.73. The van der Waals surface area contributed by atoms with Crippen LogP contribution in [0.15, 0.2) is 45.5 Å². The van der Waals surface area contributed by atoms with E-state index in [1.54, 1.807) is 12.3 Å². The Morgan fingerprint density at radius 1 is 1.39 bits per heavy atom. The standard InChI is InChI=1S/C14H15BrFNO/c1-2-17-13(14-4-3-7-18-14)9-10-8-11(15)5-6-12(10)16/h3-8,13,17H,2,9H2,1H3.